The second kappa shape index (κ2) is 7.16. The fourth-order valence-electron chi connectivity index (χ4n) is 4.01. The molecule has 0 radical (unpaired) electrons. The summed E-state index contributed by atoms with van der Waals surface area (Å²) in [5.74, 6) is -0.372. The predicted molar refractivity (Wildman–Crippen MR) is 101 cm³/mol. The van der Waals surface area contributed by atoms with E-state index in [0.717, 1.165) is 42.7 Å². The average Bonchev–Trinajstić information content (AvgIpc) is 3.21. The Labute approximate surface area is 166 Å². The molecule has 1 aromatic heterocycles. The minimum atomic E-state index is -4.44. The number of hydrogen-bond acceptors (Lipinski definition) is 4. The zero-order valence-corrected chi connectivity index (χ0v) is 16.3. The van der Waals surface area contributed by atoms with Gasteiger partial charge in [-0.15, -0.1) is 0 Å². The van der Waals surface area contributed by atoms with Gasteiger partial charge in [0.25, 0.3) is 5.91 Å². The van der Waals surface area contributed by atoms with Gasteiger partial charge in [0, 0.05) is 16.9 Å². The van der Waals surface area contributed by atoms with Crippen molar-refractivity contribution in [1.29, 1.82) is 0 Å². The highest BCUT2D eigenvalue weighted by atomic mass is 32.2. The monoisotopic (exact) mass is 427 g/mol. The Morgan fingerprint density at radius 1 is 1.14 bits per heavy atom. The lowest BCUT2D eigenvalue weighted by atomic mass is 9.95. The number of rotatable bonds is 3. The molecular formula is C19H20F3N3O3S. The topological polar surface area (TPSA) is 81.1 Å². The summed E-state index contributed by atoms with van der Waals surface area (Å²) in [7, 11) is -3.10. The third kappa shape index (κ3) is 4.03. The first-order valence-corrected chi connectivity index (χ1v) is 11.3. The normalized spacial score (nSPS) is 21.0. The van der Waals surface area contributed by atoms with Gasteiger partial charge in [-0.2, -0.15) is 18.3 Å². The van der Waals surface area contributed by atoms with Gasteiger partial charge in [0.05, 0.1) is 23.1 Å². The van der Waals surface area contributed by atoms with Crippen molar-refractivity contribution in [3.05, 3.63) is 46.8 Å². The second-order valence-electron chi connectivity index (χ2n) is 7.51. The van der Waals surface area contributed by atoms with E-state index in [1.54, 1.807) is 4.68 Å². The van der Waals surface area contributed by atoms with Crippen molar-refractivity contribution in [2.75, 3.05) is 16.8 Å². The first kappa shape index (κ1) is 19.9. The Balaban J connectivity index is 1.60. The molecule has 1 fully saturated rings. The minimum absolute atomic E-state index is 0.0150. The number of nitrogens with zero attached hydrogens (tertiary/aromatic N) is 2. The molecule has 2 aromatic rings. The number of anilines is 1. The molecule has 1 aliphatic heterocycles. The Morgan fingerprint density at radius 3 is 2.45 bits per heavy atom. The maximum absolute atomic E-state index is 12.8. The van der Waals surface area contributed by atoms with E-state index >= 15 is 0 Å². The van der Waals surface area contributed by atoms with E-state index in [0.29, 0.717) is 12.8 Å². The second-order valence-corrected chi connectivity index (χ2v) is 9.74. The number of nitrogens with one attached hydrogen (secondary N) is 1. The quantitative estimate of drug-likeness (QED) is 0.814. The highest BCUT2D eigenvalue weighted by Gasteiger charge is 2.34. The number of carbonyl (C=O) groups excluding carboxylic acids is 1. The summed E-state index contributed by atoms with van der Waals surface area (Å²) in [6.45, 7) is 0. The van der Waals surface area contributed by atoms with Gasteiger partial charge in [-0.05, 0) is 56.4 Å². The lowest BCUT2D eigenvalue weighted by Gasteiger charge is -2.17. The molecule has 6 nitrogen and oxygen atoms in total. The molecule has 4 rings (SSSR count). The van der Waals surface area contributed by atoms with Crippen molar-refractivity contribution in [2.45, 2.75) is 44.3 Å². The van der Waals surface area contributed by atoms with Crippen LogP contribution >= 0.6 is 0 Å². The molecule has 1 amide bonds. The number of fused-ring (bicyclic) bond motifs is 1. The predicted octanol–water partition coefficient (Wildman–Crippen LogP) is 3.39. The van der Waals surface area contributed by atoms with Gasteiger partial charge >= 0.3 is 6.18 Å². The number of benzene rings is 1. The molecule has 1 saturated heterocycles. The van der Waals surface area contributed by atoms with Crippen LogP contribution < -0.4 is 5.32 Å². The van der Waals surface area contributed by atoms with Crippen LogP contribution in [0.5, 0.6) is 0 Å². The lowest BCUT2D eigenvalue weighted by Crippen LogP contribution is -2.17. The summed E-state index contributed by atoms with van der Waals surface area (Å²) in [5, 5.41) is 7.06. The van der Waals surface area contributed by atoms with Crippen LogP contribution in [0.3, 0.4) is 0 Å². The number of carbonyl (C=O) groups is 1. The lowest BCUT2D eigenvalue weighted by molar-refractivity contribution is -0.137. The zero-order chi connectivity index (χ0) is 20.8. The number of amides is 1. The van der Waals surface area contributed by atoms with Crippen LogP contribution in [0.1, 0.15) is 52.6 Å². The number of hydrogen-bond donors (Lipinski definition) is 1. The maximum atomic E-state index is 12.8. The van der Waals surface area contributed by atoms with Gasteiger partial charge in [0.2, 0.25) is 0 Å². The van der Waals surface area contributed by atoms with Crippen LogP contribution in [0.25, 0.3) is 0 Å². The Morgan fingerprint density at radius 2 is 1.83 bits per heavy atom. The molecular weight excluding hydrogens is 407 g/mol. The fraction of sp³-hybridized carbons (Fsp3) is 0.474. The Kier molecular flexibility index (Phi) is 4.92. The smallest absolute Gasteiger partial charge is 0.321 e. The van der Waals surface area contributed by atoms with E-state index in [-0.39, 0.29) is 28.9 Å². The van der Waals surface area contributed by atoms with Crippen LogP contribution in [0.15, 0.2) is 24.3 Å². The van der Waals surface area contributed by atoms with Crippen molar-refractivity contribution in [3.63, 3.8) is 0 Å². The Hall–Kier alpha value is -2.36. The summed E-state index contributed by atoms with van der Waals surface area (Å²) in [6.07, 6.45) is -0.726. The molecule has 1 aromatic carbocycles. The standard InChI is InChI=1S/C19H20F3N3O3S/c20-19(21,22)12-5-7-13(8-6-12)23-18(26)17-15-3-1-2-4-16(15)25(24-17)14-9-10-29(27,28)11-14/h5-8,14H,1-4,9-11H2,(H,23,26). The largest absolute Gasteiger partial charge is 0.416 e. The molecule has 0 bridgehead atoms. The van der Waals surface area contributed by atoms with Gasteiger partial charge in [-0.3, -0.25) is 9.48 Å². The highest BCUT2D eigenvalue weighted by Crippen LogP contribution is 2.32. The van der Waals surface area contributed by atoms with Crippen LogP contribution in [-0.4, -0.2) is 35.6 Å². The third-order valence-electron chi connectivity index (χ3n) is 5.45. The van der Waals surface area contributed by atoms with Crippen molar-refractivity contribution >= 4 is 21.4 Å². The minimum Gasteiger partial charge on any atom is -0.321 e. The SMILES string of the molecule is O=C(Nc1ccc(C(F)(F)F)cc1)c1nn(C2CCS(=O)(=O)C2)c2c1CCCC2. The van der Waals surface area contributed by atoms with Crippen LogP contribution in [0, 0.1) is 0 Å². The van der Waals surface area contributed by atoms with Crippen molar-refractivity contribution < 1.29 is 26.4 Å². The fourth-order valence-corrected chi connectivity index (χ4v) is 5.70. The first-order valence-electron chi connectivity index (χ1n) is 9.43. The maximum Gasteiger partial charge on any atom is 0.416 e. The summed E-state index contributed by atoms with van der Waals surface area (Å²) >= 11 is 0. The van der Waals surface area contributed by atoms with Gasteiger partial charge in [-0.25, -0.2) is 8.42 Å². The average molecular weight is 427 g/mol. The van der Waals surface area contributed by atoms with E-state index in [1.807, 2.05) is 0 Å². The van der Waals surface area contributed by atoms with Gasteiger partial charge in [0.15, 0.2) is 15.5 Å². The molecule has 29 heavy (non-hydrogen) atoms. The highest BCUT2D eigenvalue weighted by molar-refractivity contribution is 7.91. The van der Waals surface area contributed by atoms with Crippen molar-refractivity contribution in [2.24, 2.45) is 0 Å². The van der Waals surface area contributed by atoms with Crippen molar-refractivity contribution in [1.82, 2.24) is 9.78 Å². The van der Waals surface area contributed by atoms with E-state index in [4.69, 9.17) is 0 Å². The number of alkyl halides is 3. The van der Waals surface area contributed by atoms with Crippen LogP contribution in [0.4, 0.5) is 18.9 Å². The molecule has 2 heterocycles. The van der Waals surface area contributed by atoms with E-state index in [2.05, 4.69) is 10.4 Å². The first-order chi connectivity index (χ1) is 13.6. The third-order valence-corrected chi connectivity index (χ3v) is 7.20. The number of aromatic nitrogens is 2. The Bertz CT molecular complexity index is 1040. The summed E-state index contributed by atoms with van der Waals surface area (Å²) in [5.41, 5.74) is 1.38. The number of sulfone groups is 1. The number of halogens is 3. The van der Waals surface area contributed by atoms with Crippen molar-refractivity contribution in [3.8, 4) is 0 Å². The molecule has 1 unspecified atom stereocenters. The zero-order valence-electron chi connectivity index (χ0n) is 15.5. The van der Waals surface area contributed by atoms with Crippen LogP contribution in [0.2, 0.25) is 0 Å². The molecule has 1 atom stereocenters. The van der Waals surface area contributed by atoms with Gasteiger partial charge in [0.1, 0.15) is 0 Å². The summed E-state index contributed by atoms with van der Waals surface area (Å²) in [6, 6.07) is 3.95. The van der Waals surface area contributed by atoms with E-state index in [9.17, 15) is 26.4 Å². The molecule has 2 aliphatic rings. The molecule has 1 N–H and O–H groups in total. The van der Waals surface area contributed by atoms with E-state index in [1.165, 1.54) is 12.1 Å². The van der Waals surface area contributed by atoms with Gasteiger partial charge < -0.3 is 5.32 Å². The van der Waals surface area contributed by atoms with Crippen LogP contribution in [-0.2, 0) is 28.9 Å². The molecule has 10 heteroatoms. The van der Waals surface area contributed by atoms with Gasteiger partial charge in [-0.1, -0.05) is 0 Å². The summed E-state index contributed by atoms with van der Waals surface area (Å²) < 4.78 is 63.5. The molecule has 1 aliphatic carbocycles. The molecule has 156 valence electrons. The molecule has 0 spiro atoms. The summed E-state index contributed by atoms with van der Waals surface area (Å²) in [4.78, 5) is 12.8. The molecule has 0 saturated carbocycles. The van der Waals surface area contributed by atoms with E-state index < -0.39 is 27.5 Å².